The molecule has 0 unspecified atom stereocenters. The number of anilines is 1. The van der Waals surface area contributed by atoms with Gasteiger partial charge in [0, 0.05) is 16.1 Å². The van der Waals surface area contributed by atoms with Crippen LogP contribution in [0.4, 0.5) is 5.69 Å². The maximum absolute atomic E-state index is 12.2. The van der Waals surface area contributed by atoms with E-state index < -0.39 is 5.97 Å². The number of ether oxygens (including phenoxy) is 1. The van der Waals surface area contributed by atoms with Crippen LogP contribution in [0.1, 0.15) is 42.5 Å². The molecule has 1 amide bonds. The highest BCUT2D eigenvalue weighted by Gasteiger charge is 2.18. The lowest BCUT2D eigenvalue weighted by Crippen LogP contribution is -2.15. The number of amides is 1. The van der Waals surface area contributed by atoms with Crippen LogP contribution in [0, 0.1) is 5.92 Å². The minimum Gasteiger partial charge on any atom is -0.465 e. The first-order chi connectivity index (χ1) is 11.0. The summed E-state index contributed by atoms with van der Waals surface area (Å²) in [6.45, 7) is 0. The number of methoxy groups -OCH3 is 1. The highest BCUT2D eigenvalue weighted by molar-refractivity contribution is 6.32. The van der Waals surface area contributed by atoms with Gasteiger partial charge in [-0.25, -0.2) is 4.79 Å². The second kappa shape index (κ2) is 8.37. The molecule has 4 nitrogen and oxygen atoms in total. The van der Waals surface area contributed by atoms with Crippen molar-refractivity contribution in [1.82, 2.24) is 0 Å². The molecule has 0 heterocycles. The Hall–Kier alpha value is -1.52. The first-order valence-corrected chi connectivity index (χ1v) is 8.33. The van der Waals surface area contributed by atoms with E-state index in [1.165, 1.54) is 25.7 Å². The fourth-order valence-corrected chi connectivity index (χ4v) is 3.18. The van der Waals surface area contributed by atoms with Crippen LogP contribution in [0.3, 0.4) is 0 Å². The van der Waals surface area contributed by atoms with Crippen molar-refractivity contribution in [2.45, 2.75) is 32.1 Å². The molecule has 1 N–H and O–H groups in total. The van der Waals surface area contributed by atoms with Crippen molar-refractivity contribution < 1.29 is 14.3 Å². The van der Waals surface area contributed by atoms with Gasteiger partial charge in [-0.3, -0.25) is 4.79 Å². The molecule has 23 heavy (non-hydrogen) atoms. The van der Waals surface area contributed by atoms with Crippen LogP contribution in [0.25, 0.3) is 0 Å². The Labute approximate surface area is 145 Å². The molecule has 1 saturated carbocycles. The zero-order chi connectivity index (χ0) is 16.8. The van der Waals surface area contributed by atoms with Crippen LogP contribution in [-0.4, -0.2) is 19.0 Å². The molecule has 1 aromatic rings. The van der Waals surface area contributed by atoms with Crippen LogP contribution in [0.5, 0.6) is 0 Å². The third-order valence-corrected chi connectivity index (χ3v) is 4.56. The molecule has 0 atom stereocenters. The third-order valence-electron chi connectivity index (χ3n) is 3.91. The first-order valence-electron chi connectivity index (χ1n) is 7.57. The van der Waals surface area contributed by atoms with Crippen molar-refractivity contribution in [2.24, 2.45) is 5.92 Å². The topological polar surface area (TPSA) is 55.4 Å². The molecule has 0 bridgehead atoms. The molecule has 1 aromatic carbocycles. The lowest BCUT2D eigenvalue weighted by molar-refractivity contribution is -0.112. The van der Waals surface area contributed by atoms with E-state index in [1.54, 1.807) is 12.1 Å². The minimum absolute atomic E-state index is 0.204. The van der Waals surface area contributed by atoms with Gasteiger partial charge < -0.3 is 10.1 Å². The Bertz CT molecular complexity index is 622. The average molecular weight is 356 g/mol. The molecule has 1 aliphatic carbocycles. The van der Waals surface area contributed by atoms with E-state index in [-0.39, 0.29) is 17.4 Å². The number of hydrogen-bond donors (Lipinski definition) is 1. The van der Waals surface area contributed by atoms with Crippen molar-refractivity contribution in [3.8, 4) is 0 Å². The minimum atomic E-state index is -0.565. The summed E-state index contributed by atoms with van der Waals surface area (Å²) in [5.74, 6) is -0.681. The summed E-state index contributed by atoms with van der Waals surface area (Å²) in [5.41, 5.74) is 0.547. The molecule has 2 rings (SSSR count). The van der Waals surface area contributed by atoms with Crippen LogP contribution in [-0.2, 0) is 9.53 Å². The number of rotatable bonds is 4. The molecule has 0 spiro atoms. The summed E-state index contributed by atoms with van der Waals surface area (Å²) >= 11 is 12.1. The lowest BCUT2D eigenvalue weighted by atomic mass is 9.89. The van der Waals surface area contributed by atoms with Crippen molar-refractivity contribution in [1.29, 1.82) is 0 Å². The second-order valence-corrected chi connectivity index (χ2v) is 6.41. The zero-order valence-corrected chi connectivity index (χ0v) is 14.4. The summed E-state index contributed by atoms with van der Waals surface area (Å²) in [6, 6.07) is 4.61. The number of esters is 1. The van der Waals surface area contributed by atoms with Gasteiger partial charge in [0.2, 0.25) is 5.91 Å². The molecule has 124 valence electrons. The van der Waals surface area contributed by atoms with E-state index in [4.69, 9.17) is 27.9 Å². The molecular formula is C17H19Cl2NO3. The predicted octanol–water partition coefficient (Wildman–Crippen LogP) is 4.77. The quantitative estimate of drug-likeness (QED) is 0.625. The van der Waals surface area contributed by atoms with Crippen LogP contribution in [0.15, 0.2) is 29.3 Å². The highest BCUT2D eigenvalue weighted by Crippen LogP contribution is 2.31. The van der Waals surface area contributed by atoms with Crippen LogP contribution < -0.4 is 5.32 Å². The SMILES string of the molecule is COC(=O)c1cc(Cl)ccc1NC(=O)/C=C(/Cl)C1CCCCC1. The van der Waals surface area contributed by atoms with Gasteiger partial charge >= 0.3 is 5.97 Å². The Kier molecular flexibility index (Phi) is 6.48. The third kappa shape index (κ3) is 4.98. The maximum atomic E-state index is 12.2. The molecule has 1 fully saturated rings. The fourth-order valence-electron chi connectivity index (χ4n) is 2.69. The van der Waals surface area contributed by atoms with Gasteiger partial charge in [-0.2, -0.15) is 0 Å². The lowest BCUT2D eigenvalue weighted by Gasteiger charge is -2.20. The molecule has 1 aliphatic rings. The Morgan fingerprint density at radius 3 is 2.61 bits per heavy atom. The van der Waals surface area contributed by atoms with Gasteiger partial charge in [-0.1, -0.05) is 42.5 Å². The van der Waals surface area contributed by atoms with Gasteiger partial charge in [-0.15, -0.1) is 0 Å². The molecule has 0 aliphatic heterocycles. The van der Waals surface area contributed by atoms with E-state index in [2.05, 4.69) is 5.32 Å². The first kappa shape index (κ1) is 17.8. The normalized spacial score (nSPS) is 16.0. The Morgan fingerprint density at radius 2 is 1.96 bits per heavy atom. The number of hydrogen-bond acceptors (Lipinski definition) is 3. The van der Waals surface area contributed by atoms with Crippen molar-refractivity contribution >= 4 is 40.8 Å². The smallest absolute Gasteiger partial charge is 0.340 e. The van der Waals surface area contributed by atoms with Crippen molar-refractivity contribution in [3.05, 3.63) is 39.9 Å². The summed E-state index contributed by atoms with van der Waals surface area (Å²) in [4.78, 5) is 23.9. The fraction of sp³-hybridized carbons (Fsp3) is 0.412. The largest absolute Gasteiger partial charge is 0.465 e. The molecule has 0 radical (unpaired) electrons. The van der Waals surface area contributed by atoms with Gasteiger partial charge in [0.25, 0.3) is 0 Å². The predicted molar refractivity (Wildman–Crippen MR) is 91.9 cm³/mol. The summed E-state index contributed by atoms with van der Waals surface area (Å²) < 4.78 is 4.70. The highest BCUT2D eigenvalue weighted by atomic mass is 35.5. The number of halogens is 2. The van der Waals surface area contributed by atoms with Gasteiger partial charge in [0.05, 0.1) is 18.4 Å². The Balaban J connectivity index is 2.12. The summed E-state index contributed by atoms with van der Waals surface area (Å²) in [5, 5.41) is 3.62. The van der Waals surface area contributed by atoms with E-state index in [1.807, 2.05) is 0 Å². The molecule has 0 saturated heterocycles. The van der Waals surface area contributed by atoms with Crippen LogP contribution in [0.2, 0.25) is 5.02 Å². The number of benzene rings is 1. The van der Waals surface area contributed by atoms with Crippen molar-refractivity contribution in [3.63, 3.8) is 0 Å². The second-order valence-electron chi connectivity index (χ2n) is 5.53. The zero-order valence-electron chi connectivity index (χ0n) is 12.9. The van der Waals surface area contributed by atoms with Gasteiger partial charge in [0.1, 0.15) is 0 Å². The van der Waals surface area contributed by atoms with E-state index in [0.717, 1.165) is 25.7 Å². The monoisotopic (exact) mass is 355 g/mol. The standard InChI is InChI=1S/C17H19Cl2NO3/c1-23-17(22)13-9-12(18)7-8-15(13)20-16(21)10-14(19)11-5-3-2-4-6-11/h7-11H,2-6H2,1H3,(H,20,21)/b14-10+. The number of allylic oxidation sites excluding steroid dienone is 1. The molecular weight excluding hydrogens is 337 g/mol. The van der Waals surface area contributed by atoms with Gasteiger partial charge in [0.15, 0.2) is 0 Å². The summed E-state index contributed by atoms with van der Waals surface area (Å²) in [7, 11) is 1.27. The van der Waals surface area contributed by atoms with E-state index in [0.29, 0.717) is 15.7 Å². The van der Waals surface area contributed by atoms with Crippen molar-refractivity contribution in [2.75, 3.05) is 12.4 Å². The maximum Gasteiger partial charge on any atom is 0.340 e. The number of nitrogens with one attached hydrogen (secondary N) is 1. The van der Waals surface area contributed by atoms with E-state index >= 15 is 0 Å². The van der Waals surface area contributed by atoms with E-state index in [9.17, 15) is 9.59 Å². The molecule has 0 aromatic heterocycles. The molecule has 6 heteroatoms. The van der Waals surface area contributed by atoms with Crippen LogP contribution >= 0.6 is 23.2 Å². The average Bonchev–Trinajstić information content (AvgIpc) is 2.56. The number of carbonyl (C=O) groups is 2. The Morgan fingerprint density at radius 1 is 1.26 bits per heavy atom. The van der Waals surface area contributed by atoms with Gasteiger partial charge in [-0.05, 0) is 37.0 Å². The number of carbonyl (C=O) groups excluding carboxylic acids is 2. The summed E-state index contributed by atoms with van der Waals surface area (Å²) in [6.07, 6.45) is 6.92.